The largest absolute Gasteiger partial charge is 0.419 e. The Balaban J connectivity index is 1.09. The van der Waals surface area contributed by atoms with Gasteiger partial charge in [-0.1, -0.05) is 6.07 Å². The molecular weight excluding hydrogens is 521 g/mol. The van der Waals surface area contributed by atoms with Gasteiger partial charge in [0.2, 0.25) is 5.95 Å². The van der Waals surface area contributed by atoms with Gasteiger partial charge in [0.15, 0.2) is 5.65 Å². The second kappa shape index (κ2) is 9.23. The highest BCUT2D eigenvalue weighted by Gasteiger charge is 2.47. The second-order valence-electron chi connectivity index (χ2n) is 11.1. The zero-order valence-corrected chi connectivity index (χ0v) is 21.6. The Morgan fingerprint density at radius 3 is 2.73 bits per heavy atom. The highest BCUT2D eigenvalue weighted by atomic mass is 19.4. The zero-order chi connectivity index (χ0) is 27.5. The SMILES string of the molecule is N#CCC1(n2cc(C(F)(F)F)cn2)CN(c2cccn3nc(Nc4ccc5c(c4)CCC(C4COC4)C5)nc23)C1. The van der Waals surface area contributed by atoms with Crippen molar-refractivity contribution in [2.45, 2.75) is 37.4 Å². The Hall–Kier alpha value is -4.11. The fourth-order valence-corrected chi connectivity index (χ4v) is 6.16. The number of pyridine rings is 1. The summed E-state index contributed by atoms with van der Waals surface area (Å²) in [6, 6.07) is 12.3. The molecule has 1 aliphatic carbocycles. The summed E-state index contributed by atoms with van der Waals surface area (Å²) in [7, 11) is 0. The first-order chi connectivity index (χ1) is 19.3. The molecule has 0 bridgehead atoms. The fraction of sp³-hybridized carbons (Fsp3) is 0.429. The summed E-state index contributed by atoms with van der Waals surface area (Å²) in [4.78, 5) is 6.72. The van der Waals surface area contributed by atoms with Crippen LogP contribution in [0.3, 0.4) is 0 Å². The number of hydrogen-bond donors (Lipinski definition) is 1. The molecule has 206 valence electrons. The van der Waals surface area contributed by atoms with Crippen molar-refractivity contribution < 1.29 is 17.9 Å². The predicted molar refractivity (Wildman–Crippen MR) is 140 cm³/mol. The Labute approximate surface area is 228 Å². The van der Waals surface area contributed by atoms with Crippen LogP contribution in [0.5, 0.6) is 0 Å². The van der Waals surface area contributed by atoms with Crippen LogP contribution < -0.4 is 10.2 Å². The van der Waals surface area contributed by atoms with Crippen molar-refractivity contribution in [1.82, 2.24) is 24.4 Å². The van der Waals surface area contributed by atoms with E-state index < -0.39 is 17.3 Å². The molecule has 1 aromatic carbocycles. The summed E-state index contributed by atoms with van der Waals surface area (Å²) in [6.45, 7) is 2.43. The summed E-state index contributed by atoms with van der Waals surface area (Å²) in [5, 5.41) is 21.3. The molecule has 3 aromatic heterocycles. The summed E-state index contributed by atoms with van der Waals surface area (Å²) >= 11 is 0. The standard InChI is InChI=1S/C28H27F3N8O/c29-28(30,31)22-12-33-39(13-22)27(7-8-32)16-37(17-27)24-2-1-9-38-25(24)35-26(36-38)34-23-6-5-18-10-19(21-14-40-15-21)3-4-20(18)11-23/h1-2,5-6,9,11-13,19,21H,3-4,7,10,14-17H2,(H,34,36). The number of alkyl halides is 3. The monoisotopic (exact) mass is 548 g/mol. The molecule has 1 atom stereocenters. The molecule has 0 amide bonds. The molecule has 40 heavy (non-hydrogen) atoms. The second-order valence-corrected chi connectivity index (χ2v) is 11.1. The Bertz CT molecular complexity index is 1610. The van der Waals surface area contributed by atoms with Crippen LogP contribution in [0.4, 0.5) is 30.5 Å². The molecule has 12 heteroatoms. The molecular formula is C28H27F3N8O. The van der Waals surface area contributed by atoms with Crippen molar-refractivity contribution in [3.63, 3.8) is 0 Å². The van der Waals surface area contributed by atoms with Crippen LogP contribution in [-0.4, -0.2) is 50.7 Å². The van der Waals surface area contributed by atoms with Crippen LogP contribution >= 0.6 is 0 Å². The fourth-order valence-electron chi connectivity index (χ4n) is 6.16. The van der Waals surface area contributed by atoms with Gasteiger partial charge in [0.25, 0.3) is 0 Å². The zero-order valence-electron chi connectivity index (χ0n) is 21.6. The van der Waals surface area contributed by atoms with Gasteiger partial charge in [-0.3, -0.25) is 4.68 Å². The van der Waals surface area contributed by atoms with Crippen molar-refractivity contribution in [2.75, 3.05) is 36.5 Å². The molecule has 1 N–H and O–H groups in total. The van der Waals surface area contributed by atoms with Gasteiger partial charge >= 0.3 is 6.18 Å². The van der Waals surface area contributed by atoms with E-state index in [1.807, 2.05) is 17.0 Å². The van der Waals surface area contributed by atoms with E-state index in [-0.39, 0.29) is 6.42 Å². The van der Waals surface area contributed by atoms with E-state index in [2.05, 4.69) is 39.8 Å². The van der Waals surface area contributed by atoms with Gasteiger partial charge in [-0.15, -0.1) is 5.10 Å². The van der Waals surface area contributed by atoms with Crippen molar-refractivity contribution in [3.8, 4) is 6.07 Å². The molecule has 0 saturated carbocycles. The van der Waals surface area contributed by atoms with Crippen molar-refractivity contribution in [2.24, 2.45) is 11.8 Å². The van der Waals surface area contributed by atoms with Crippen LogP contribution in [0.2, 0.25) is 0 Å². The highest BCUT2D eigenvalue weighted by molar-refractivity contribution is 5.72. The first kappa shape index (κ1) is 24.9. The van der Waals surface area contributed by atoms with E-state index in [0.717, 1.165) is 49.8 Å². The molecule has 2 aliphatic heterocycles. The third-order valence-corrected chi connectivity index (χ3v) is 8.52. The van der Waals surface area contributed by atoms with Crippen LogP contribution in [0.25, 0.3) is 5.65 Å². The number of benzene rings is 1. The minimum absolute atomic E-state index is 0.0403. The van der Waals surface area contributed by atoms with Crippen LogP contribution in [0, 0.1) is 23.2 Å². The van der Waals surface area contributed by atoms with Crippen LogP contribution in [0.15, 0.2) is 48.9 Å². The van der Waals surface area contributed by atoms with Gasteiger partial charge in [-0.05, 0) is 60.6 Å². The number of rotatable bonds is 6. The highest BCUT2D eigenvalue weighted by Crippen LogP contribution is 2.39. The minimum Gasteiger partial charge on any atom is -0.381 e. The Morgan fingerprint density at radius 1 is 1.15 bits per heavy atom. The van der Waals surface area contributed by atoms with E-state index in [9.17, 15) is 18.4 Å². The number of hydrogen-bond acceptors (Lipinski definition) is 7. The number of nitrogens with one attached hydrogen (secondary N) is 1. The Kier molecular flexibility index (Phi) is 5.75. The van der Waals surface area contributed by atoms with Gasteiger partial charge in [0.1, 0.15) is 5.54 Å². The molecule has 2 fully saturated rings. The normalized spacial score (nSPS) is 20.4. The molecule has 4 aromatic rings. The van der Waals surface area contributed by atoms with Gasteiger partial charge in [-0.25, -0.2) is 4.52 Å². The smallest absolute Gasteiger partial charge is 0.381 e. The number of aromatic nitrogens is 5. The van der Waals surface area contributed by atoms with E-state index in [1.54, 1.807) is 10.7 Å². The topological polar surface area (TPSA) is 96.3 Å². The number of fused-ring (bicyclic) bond motifs is 2. The number of nitriles is 1. The number of anilines is 3. The van der Waals surface area contributed by atoms with Crippen LogP contribution in [-0.2, 0) is 29.3 Å². The molecule has 9 nitrogen and oxygen atoms in total. The molecule has 0 spiro atoms. The lowest BCUT2D eigenvalue weighted by Crippen LogP contribution is -2.63. The lowest BCUT2D eigenvalue weighted by atomic mass is 9.76. The first-order valence-corrected chi connectivity index (χ1v) is 13.4. The maximum atomic E-state index is 13.2. The molecule has 2 saturated heterocycles. The lowest BCUT2D eigenvalue weighted by Gasteiger charge is -2.50. The van der Waals surface area contributed by atoms with E-state index in [1.165, 1.54) is 22.2 Å². The van der Waals surface area contributed by atoms with Gasteiger partial charge in [0.05, 0.1) is 43.2 Å². The number of halogens is 3. The molecule has 5 heterocycles. The average molecular weight is 549 g/mol. The number of nitrogens with zero attached hydrogens (tertiary/aromatic N) is 7. The van der Waals surface area contributed by atoms with Gasteiger partial charge < -0.3 is 15.0 Å². The van der Waals surface area contributed by atoms with Crippen molar-refractivity contribution in [3.05, 3.63) is 65.6 Å². The molecule has 0 radical (unpaired) electrons. The molecule has 7 rings (SSSR count). The summed E-state index contributed by atoms with van der Waals surface area (Å²) < 4.78 is 47.8. The van der Waals surface area contributed by atoms with Crippen LogP contribution in [0.1, 0.15) is 29.5 Å². The quantitative estimate of drug-likeness (QED) is 0.377. The third kappa shape index (κ3) is 4.25. The van der Waals surface area contributed by atoms with E-state index >= 15 is 0 Å². The number of ether oxygens (including phenoxy) is 1. The average Bonchev–Trinajstić information content (AvgIpc) is 3.53. The third-order valence-electron chi connectivity index (χ3n) is 8.52. The van der Waals surface area contributed by atoms with E-state index in [4.69, 9.17) is 9.72 Å². The molecule has 3 aliphatic rings. The maximum Gasteiger partial charge on any atom is 0.419 e. The summed E-state index contributed by atoms with van der Waals surface area (Å²) in [6.07, 6.45) is 2.47. The van der Waals surface area contributed by atoms with E-state index in [0.29, 0.717) is 36.5 Å². The first-order valence-electron chi connectivity index (χ1n) is 13.4. The predicted octanol–water partition coefficient (Wildman–Crippen LogP) is 4.57. The van der Waals surface area contributed by atoms with Crippen molar-refractivity contribution in [1.29, 1.82) is 5.26 Å². The number of aryl methyl sites for hydroxylation is 1. The summed E-state index contributed by atoms with van der Waals surface area (Å²) in [5.74, 6) is 1.85. The lowest BCUT2D eigenvalue weighted by molar-refractivity contribution is -0.137. The van der Waals surface area contributed by atoms with Gasteiger partial charge in [0, 0.05) is 37.1 Å². The van der Waals surface area contributed by atoms with Crippen molar-refractivity contribution >= 4 is 23.0 Å². The minimum atomic E-state index is -4.49. The Morgan fingerprint density at radius 2 is 2.00 bits per heavy atom. The maximum absolute atomic E-state index is 13.2. The molecule has 1 unspecified atom stereocenters. The summed E-state index contributed by atoms with van der Waals surface area (Å²) in [5.41, 5.74) is 3.42. The van der Waals surface area contributed by atoms with Gasteiger partial charge in [-0.2, -0.15) is 28.5 Å².